The van der Waals surface area contributed by atoms with Crippen molar-refractivity contribution in [1.29, 1.82) is 0 Å². The van der Waals surface area contributed by atoms with Crippen molar-refractivity contribution >= 4 is 23.2 Å². The lowest BCUT2D eigenvalue weighted by Gasteiger charge is -2.05. The van der Waals surface area contributed by atoms with Crippen LogP contribution in [0, 0.1) is 0 Å². The molecule has 1 amide bonds. The highest BCUT2D eigenvalue weighted by molar-refractivity contribution is 6.34. The number of halogens is 1. The summed E-state index contributed by atoms with van der Waals surface area (Å²) in [5.41, 5.74) is 4.41. The molecule has 0 bridgehead atoms. The van der Waals surface area contributed by atoms with Gasteiger partial charge in [-0.15, -0.1) is 0 Å². The number of amides is 1. The Morgan fingerprint density at radius 3 is 2.67 bits per heavy atom. The molecule has 0 unspecified atom stereocenters. The lowest BCUT2D eigenvalue weighted by Crippen LogP contribution is -2.19. The second-order valence-corrected chi connectivity index (χ2v) is 4.76. The van der Waals surface area contributed by atoms with Crippen LogP contribution in [0.2, 0.25) is 5.02 Å². The molecule has 108 valence electrons. The highest BCUT2D eigenvalue weighted by Gasteiger charge is 2.07. The molecule has 0 spiro atoms. The molecule has 2 aromatic carbocycles. The number of methoxy groups -OCH3 is 1. The van der Waals surface area contributed by atoms with E-state index in [-0.39, 0.29) is 5.91 Å². The minimum absolute atomic E-state index is 0.305. The quantitative estimate of drug-likeness (QED) is 0.694. The number of rotatable bonds is 4. The molecule has 1 N–H and O–H groups in total. The van der Waals surface area contributed by atoms with Crippen molar-refractivity contribution < 1.29 is 9.53 Å². The zero-order valence-corrected chi connectivity index (χ0v) is 12.5. The normalized spacial score (nSPS) is 11.1. The second-order valence-electron chi connectivity index (χ2n) is 4.35. The van der Waals surface area contributed by atoms with E-state index in [0.29, 0.717) is 22.0 Å². The Bertz CT molecular complexity index is 683. The van der Waals surface area contributed by atoms with Crippen molar-refractivity contribution in [1.82, 2.24) is 5.43 Å². The van der Waals surface area contributed by atoms with E-state index in [1.54, 1.807) is 44.4 Å². The summed E-state index contributed by atoms with van der Waals surface area (Å²) in [5.74, 6) is 0.315. The monoisotopic (exact) mass is 302 g/mol. The topological polar surface area (TPSA) is 50.7 Å². The van der Waals surface area contributed by atoms with Crippen LogP contribution in [0.5, 0.6) is 5.75 Å². The van der Waals surface area contributed by atoms with E-state index in [9.17, 15) is 4.79 Å². The number of hydrogen-bond acceptors (Lipinski definition) is 3. The Morgan fingerprint density at radius 1 is 1.19 bits per heavy atom. The Morgan fingerprint density at radius 2 is 1.95 bits per heavy atom. The predicted octanol–water partition coefficient (Wildman–Crippen LogP) is 3.50. The lowest BCUT2D eigenvalue weighted by atomic mass is 10.1. The van der Waals surface area contributed by atoms with Crippen LogP contribution in [0.3, 0.4) is 0 Å². The zero-order chi connectivity index (χ0) is 15.2. The van der Waals surface area contributed by atoms with Gasteiger partial charge in [-0.05, 0) is 31.2 Å². The van der Waals surface area contributed by atoms with E-state index in [0.717, 1.165) is 5.56 Å². The smallest absolute Gasteiger partial charge is 0.271 e. The lowest BCUT2D eigenvalue weighted by molar-refractivity contribution is 0.0954. The van der Waals surface area contributed by atoms with Gasteiger partial charge in [-0.1, -0.05) is 35.9 Å². The van der Waals surface area contributed by atoms with Gasteiger partial charge in [-0.2, -0.15) is 5.10 Å². The Hall–Kier alpha value is -2.33. The molecule has 2 rings (SSSR count). The third-order valence-electron chi connectivity index (χ3n) is 2.92. The molecule has 0 radical (unpaired) electrons. The van der Waals surface area contributed by atoms with Crippen LogP contribution in [0.1, 0.15) is 22.8 Å². The first-order valence-electron chi connectivity index (χ1n) is 6.35. The van der Waals surface area contributed by atoms with Gasteiger partial charge in [0.1, 0.15) is 5.75 Å². The van der Waals surface area contributed by atoms with E-state index in [4.69, 9.17) is 16.3 Å². The highest BCUT2D eigenvalue weighted by Crippen LogP contribution is 2.16. The first-order chi connectivity index (χ1) is 10.1. The van der Waals surface area contributed by atoms with E-state index >= 15 is 0 Å². The molecule has 0 aromatic heterocycles. The molecule has 2 aromatic rings. The van der Waals surface area contributed by atoms with Crippen LogP contribution < -0.4 is 10.2 Å². The number of nitrogens with zero attached hydrogens (tertiary/aromatic N) is 1. The third-order valence-corrected chi connectivity index (χ3v) is 3.25. The fourth-order valence-electron chi connectivity index (χ4n) is 1.78. The second kappa shape index (κ2) is 6.90. The van der Waals surface area contributed by atoms with Gasteiger partial charge in [0.15, 0.2) is 0 Å². The van der Waals surface area contributed by atoms with Crippen LogP contribution in [0.4, 0.5) is 0 Å². The van der Waals surface area contributed by atoms with E-state index in [2.05, 4.69) is 10.5 Å². The molecule has 0 aliphatic carbocycles. The SMILES string of the molecule is COc1cccc(C(=O)NN=C(C)c2ccccc2Cl)c1. The fraction of sp³-hybridized carbons (Fsp3) is 0.125. The minimum Gasteiger partial charge on any atom is -0.497 e. The van der Waals surface area contributed by atoms with Crippen LogP contribution in [0.15, 0.2) is 53.6 Å². The summed E-state index contributed by atoms with van der Waals surface area (Å²) in [4.78, 5) is 12.0. The number of hydrogen-bond donors (Lipinski definition) is 1. The molecule has 0 heterocycles. The van der Waals surface area contributed by atoms with Crippen LogP contribution >= 0.6 is 11.6 Å². The fourth-order valence-corrected chi connectivity index (χ4v) is 2.05. The number of nitrogens with one attached hydrogen (secondary N) is 1. The average Bonchev–Trinajstić information content (AvgIpc) is 2.52. The Labute approximate surface area is 128 Å². The Balaban J connectivity index is 2.13. The summed E-state index contributed by atoms with van der Waals surface area (Å²) in [7, 11) is 1.55. The van der Waals surface area contributed by atoms with E-state index in [1.165, 1.54) is 0 Å². The maximum absolute atomic E-state index is 12.0. The first-order valence-corrected chi connectivity index (χ1v) is 6.73. The van der Waals surface area contributed by atoms with Crippen LogP contribution in [-0.4, -0.2) is 18.7 Å². The highest BCUT2D eigenvalue weighted by atomic mass is 35.5. The summed E-state index contributed by atoms with van der Waals surface area (Å²) in [6.07, 6.45) is 0. The zero-order valence-electron chi connectivity index (χ0n) is 11.8. The molecule has 0 saturated carbocycles. The van der Waals surface area contributed by atoms with Gasteiger partial charge >= 0.3 is 0 Å². The summed E-state index contributed by atoms with van der Waals surface area (Å²) in [5, 5.41) is 4.67. The summed E-state index contributed by atoms with van der Waals surface area (Å²) >= 11 is 6.08. The summed E-state index contributed by atoms with van der Waals surface area (Å²) < 4.78 is 5.08. The number of carbonyl (C=O) groups excluding carboxylic acids is 1. The predicted molar refractivity (Wildman–Crippen MR) is 84.1 cm³/mol. The maximum atomic E-state index is 12.0. The van der Waals surface area contributed by atoms with Crippen molar-refractivity contribution in [3.05, 3.63) is 64.7 Å². The van der Waals surface area contributed by atoms with Gasteiger partial charge in [0, 0.05) is 16.1 Å². The number of ether oxygens (including phenoxy) is 1. The largest absolute Gasteiger partial charge is 0.497 e. The van der Waals surface area contributed by atoms with Gasteiger partial charge in [0.2, 0.25) is 0 Å². The van der Waals surface area contributed by atoms with E-state index < -0.39 is 0 Å². The van der Waals surface area contributed by atoms with E-state index in [1.807, 2.05) is 18.2 Å². The van der Waals surface area contributed by atoms with Gasteiger partial charge in [-0.25, -0.2) is 5.43 Å². The standard InChI is InChI=1S/C16H15ClN2O2/c1-11(14-8-3-4-9-15(14)17)18-19-16(20)12-6-5-7-13(10-12)21-2/h3-10H,1-2H3,(H,19,20). The molecule has 21 heavy (non-hydrogen) atoms. The van der Waals surface area contributed by atoms with Crippen LogP contribution in [-0.2, 0) is 0 Å². The van der Waals surface area contributed by atoms with Gasteiger partial charge < -0.3 is 4.74 Å². The van der Waals surface area contributed by atoms with Crippen molar-refractivity contribution in [3.63, 3.8) is 0 Å². The van der Waals surface area contributed by atoms with Crippen LogP contribution in [0.25, 0.3) is 0 Å². The summed E-state index contributed by atoms with van der Waals surface area (Å²) in [6, 6.07) is 14.2. The van der Waals surface area contributed by atoms with Crippen molar-refractivity contribution in [2.75, 3.05) is 7.11 Å². The number of carbonyl (C=O) groups is 1. The molecule has 0 fully saturated rings. The van der Waals surface area contributed by atoms with Crippen molar-refractivity contribution in [2.24, 2.45) is 5.10 Å². The maximum Gasteiger partial charge on any atom is 0.271 e. The number of benzene rings is 2. The van der Waals surface area contributed by atoms with Crippen molar-refractivity contribution in [3.8, 4) is 5.75 Å². The third kappa shape index (κ3) is 3.83. The van der Waals surface area contributed by atoms with Gasteiger partial charge in [0.25, 0.3) is 5.91 Å². The molecule has 4 nitrogen and oxygen atoms in total. The minimum atomic E-state index is -0.305. The Kier molecular flexibility index (Phi) is 4.95. The molecule has 0 atom stereocenters. The molecule has 0 saturated heterocycles. The van der Waals surface area contributed by atoms with Crippen molar-refractivity contribution in [2.45, 2.75) is 6.92 Å². The summed E-state index contributed by atoms with van der Waals surface area (Å²) in [6.45, 7) is 1.78. The average molecular weight is 303 g/mol. The first kappa shape index (κ1) is 15.1. The molecule has 0 aliphatic heterocycles. The molecule has 0 aliphatic rings. The van der Waals surface area contributed by atoms with Gasteiger partial charge in [0.05, 0.1) is 12.8 Å². The molecule has 5 heteroatoms. The molecular weight excluding hydrogens is 288 g/mol. The number of hydrazone groups is 1. The van der Waals surface area contributed by atoms with Gasteiger partial charge in [-0.3, -0.25) is 4.79 Å². The molecular formula is C16H15ClN2O2.